The molecule has 0 saturated heterocycles. The van der Waals surface area contributed by atoms with Crippen molar-refractivity contribution in [3.63, 3.8) is 0 Å². The number of benzene rings is 2. The predicted molar refractivity (Wildman–Crippen MR) is 143 cm³/mol. The first-order valence-corrected chi connectivity index (χ1v) is 14.2. The summed E-state index contributed by atoms with van der Waals surface area (Å²) < 4.78 is 25.5. The molecule has 0 atom stereocenters. The number of carbonyl (C=O) groups is 2. The Balaban J connectivity index is 1.62. The van der Waals surface area contributed by atoms with E-state index in [-0.39, 0.29) is 17.9 Å². The molecule has 0 unspecified atom stereocenters. The molecular weight excluding hydrogens is 492 g/mol. The molecule has 1 saturated carbocycles. The highest BCUT2D eigenvalue weighted by Crippen LogP contribution is 2.35. The number of pyridine rings is 1. The molecule has 1 aromatic heterocycles. The van der Waals surface area contributed by atoms with Crippen molar-refractivity contribution in [3.05, 3.63) is 65.7 Å². The molecule has 10 heteroatoms. The van der Waals surface area contributed by atoms with E-state index in [0.29, 0.717) is 29.9 Å². The zero-order chi connectivity index (χ0) is 26.5. The maximum atomic E-state index is 13.5. The van der Waals surface area contributed by atoms with Gasteiger partial charge in [-0.25, -0.2) is 22.9 Å². The van der Waals surface area contributed by atoms with Gasteiger partial charge in [-0.15, -0.1) is 0 Å². The standard InChI is InChI=1S/C27H32N4O5S/c1-37(35,36)30-16-19-8-7-9-20(14-19)24-15-22(21-10-3-4-11-23(21)31-24)25(32)28-17-27(18-29-26(33)34)12-5-2-6-13-27/h3-4,7-11,14-15,29-30H,2,5-6,12-13,16-18H2,1H3,(H,28,32)(H,33,34). The average Bonchev–Trinajstić information content (AvgIpc) is 2.89. The van der Waals surface area contributed by atoms with Crippen molar-refractivity contribution in [1.29, 1.82) is 0 Å². The molecule has 2 aromatic carbocycles. The average molecular weight is 525 g/mol. The van der Waals surface area contributed by atoms with Crippen molar-refractivity contribution in [2.24, 2.45) is 5.41 Å². The van der Waals surface area contributed by atoms with Gasteiger partial charge in [0.25, 0.3) is 5.91 Å². The zero-order valence-electron chi connectivity index (χ0n) is 20.8. The summed E-state index contributed by atoms with van der Waals surface area (Å²) in [5.41, 5.74) is 2.99. The summed E-state index contributed by atoms with van der Waals surface area (Å²) in [6, 6.07) is 16.6. The van der Waals surface area contributed by atoms with Crippen LogP contribution in [0.25, 0.3) is 22.2 Å². The Labute approximate surface area is 216 Å². The Morgan fingerprint density at radius 1 is 0.973 bits per heavy atom. The lowest BCUT2D eigenvalue weighted by Crippen LogP contribution is -2.46. The van der Waals surface area contributed by atoms with E-state index < -0.39 is 16.1 Å². The van der Waals surface area contributed by atoms with Gasteiger partial charge in [-0.3, -0.25) is 4.79 Å². The second kappa shape index (κ2) is 11.3. The monoisotopic (exact) mass is 524 g/mol. The molecule has 9 nitrogen and oxygen atoms in total. The lowest BCUT2D eigenvalue weighted by atomic mass is 9.74. The lowest BCUT2D eigenvalue weighted by molar-refractivity contribution is 0.0909. The Hall–Kier alpha value is -3.50. The van der Waals surface area contributed by atoms with Crippen molar-refractivity contribution in [2.45, 2.75) is 38.6 Å². The fraction of sp³-hybridized carbons (Fsp3) is 0.370. The van der Waals surface area contributed by atoms with Gasteiger partial charge < -0.3 is 15.7 Å². The van der Waals surface area contributed by atoms with Crippen molar-refractivity contribution in [3.8, 4) is 11.3 Å². The highest BCUT2D eigenvalue weighted by atomic mass is 32.2. The van der Waals surface area contributed by atoms with E-state index in [1.807, 2.05) is 48.5 Å². The number of fused-ring (bicyclic) bond motifs is 1. The molecule has 0 bridgehead atoms. The summed E-state index contributed by atoms with van der Waals surface area (Å²) in [5.74, 6) is -0.241. The molecule has 1 aliphatic carbocycles. The van der Waals surface area contributed by atoms with Crippen LogP contribution in [0, 0.1) is 5.41 Å². The highest BCUT2D eigenvalue weighted by Gasteiger charge is 2.33. The number of hydrogen-bond acceptors (Lipinski definition) is 5. The molecule has 0 aliphatic heterocycles. The number of carbonyl (C=O) groups excluding carboxylic acids is 1. The fourth-order valence-corrected chi connectivity index (χ4v) is 5.34. The van der Waals surface area contributed by atoms with Crippen molar-refractivity contribution < 1.29 is 23.1 Å². The normalized spacial score (nSPS) is 15.3. The van der Waals surface area contributed by atoms with Crippen LogP contribution in [0.15, 0.2) is 54.6 Å². The molecule has 1 heterocycles. The summed E-state index contributed by atoms with van der Waals surface area (Å²) in [6.45, 7) is 0.837. The Bertz CT molecular complexity index is 1400. The molecule has 1 aliphatic rings. The van der Waals surface area contributed by atoms with E-state index in [1.54, 1.807) is 6.07 Å². The van der Waals surface area contributed by atoms with E-state index in [9.17, 15) is 18.0 Å². The number of amides is 2. The number of nitrogens with zero attached hydrogens (tertiary/aromatic N) is 1. The maximum Gasteiger partial charge on any atom is 0.404 e. The number of aromatic nitrogens is 1. The second-order valence-electron chi connectivity index (χ2n) is 9.77. The summed E-state index contributed by atoms with van der Waals surface area (Å²) in [6.07, 6.45) is 4.87. The Morgan fingerprint density at radius 3 is 2.43 bits per heavy atom. The largest absolute Gasteiger partial charge is 0.465 e. The smallest absolute Gasteiger partial charge is 0.404 e. The van der Waals surface area contributed by atoms with Crippen LogP contribution in [0.4, 0.5) is 4.79 Å². The predicted octanol–water partition coefficient (Wildman–Crippen LogP) is 3.90. The summed E-state index contributed by atoms with van der Waals surface area (Å²) >= 11 is 0. The highest BCUT2D eigenvalue weighted by molar-refractivity contribution is 7.88. The molecule has 0 radical (unpaired) electrons. The molecule has 4 N–H and O–H groups in total. The van der Waals surface area contributed by atoms with Gasteiger partial charge in [-0.05, 0) is 36.6 Å². The number of nitrogens with one attached hydrogen (secondary N) is 3. The fourth-order valence-electron chi connectivity index (χ4n) is 4.91. The number of rotatable bonds is 9. The summed E-state index contributed by atoms with van der Waals surface area (Å²) in [7, 11) is -3.33. The van der Waals surface area contributed by atoms with Gasteiger partial charge in [0.05, 0.1) is 23.0 Å². The third-order valence-electron chi connectivity index (χ3n) is 6.87. The third kappa shape index (κ3) is 7.05. The van der Waals surface area contributed by atoms with E-state index in [4.69, 9.17) is 10.1 Å². The van der Waals surface area contributed by atoms with E-state index in [1.165, 1.54) is 0 Å². The topological polar surface area (TPSA) is 137 Å². The Morgan fingerprint density at radius 2 is 1.70 bits per heavy atom. The molecular formula is C27H32N4O5S. The van der Waals surface area contributed by atoms with Crippen molar-refractivity contribution in [2.75, 3.05) is 19.3 Å². The van der Waals surface area contributed by atoms with Gasteiger partial charge in [-0.2, -0.15) is 0 Å². The van der Waals surface area contributed by atoms with Gasteiger partial charge in [0.2, 0.25) is 10.0 Å². The molecule has 2 amide bonds. The number of para-hydroxylation sites is 1. The first-order valence-electron chi connectivity index (χ1n) is 12.3. The molecule has 0 spiro atoms. The molecule has 196 valence electrons. The SMILES string of the molecule is CS(=O)(=O)NCc1cccc(-c2cc(C(=O)NCC3(CNC(=O)O)CCCCC3)c3ccccc3n2)c1. The number of carboxylic acid groups (broad SMARTS) is 1. The minimum atomic E-state index is -3.33. The zero-order valence-corrected chi connectivity index (χ0v) is 21.6. The van der Waals surface area contributed by atoms with Crippen molar-refractivity contribution in [1.82, 2.24) is 20.3 Å². The van der Waals surface area contributed by atoms with Crippen LogP contribution in [0.1, 0.15) is 48.0 Å². The molecule has 37 heavy (non-hydrogen) atoms. The first kappa shape index (κ1) is 26.6. The van der Waals surface area contributed by atoms with Gasteiger partial charge in [0.15, 0.2) is 0 Å². The van der Waals surface area contributed by atoms with Crippen LogP contribution in [0.2, 0.25) is 0 Å². The van der Waals surface area contributed by atoms with E-state index in [0.717, 1.165) is 54.9 Å². The van der Waals surface area contributed by atoms with Crippen LogP contribution in [-0.2, 0) is 16.6 Å². The van der Waals surface area contributed by atoms with Crippen molar-refractivity contribution >= 4 is 32.9 Å². The molecule has 4 rings (SSSR count). The van der Waals surface area contributed by atoms with Gasteiger partial charge >= 0.3 is 6.09 Å². The van der Waals surface area contributed by atoms with Crippen LogP contribution in [0.3, 0.4) is 0 Å². The van der Waals surface area contributed by atoms with Gasteiger partial charge in [0.1, 0.15) is 0 Å². The van der Waals surface area contributed by atoms with E-state index >= 15 is 0 Å². The summed E-state index contributed by atoms with van der Waals surface area (Å²) in [4.78, 5) is 29.4. The number of hydrogen-bond donors (Lipinski definition) is 4. The Kier molecular flexibility index (Phi) is 8.09. The van der Waals surface area contributed by atoms with Crippen LogP contribution in [-0.4, -0.2) is 49.9 Å². The van der Waals surface area contributed by atoms with E-state index in [2.05, 4.69) is 15.4 Å². The minimum Gasteiger partial charge on any atom is -0.465 e. The minimum absolute atomic E-state index is 0.153. The molecule has 3 aromatic rings. The van der Waals surface area contributed by atoms with Crippen LogP contribution < -0.4 is 15.4 Å². The summed E-state index contributed by atoms with van der Waals surface area (Å²) in [5, 5.41) is 15.4. The van der Waals surface area contributed by atoms with Gasteiger partial charge in [0, 0.05) is 36.0 Å². The third-order valence-corrected chi connectivity index (χ3v) is 7.54. The van der Waals surface area contributed by atoms with Crippen LogP contribution >= 0.6 is 0 Å². The number of sulfonamides is 1. The van der Waals surface area contributed by atoms with Gasteiger partial charge in [-0.1, -0.05) is 55.7 Å². The lowest BCUT2D eigenvalue weighted by Gasteiger charge is -2.37. The first-order chi connectivity index (χ1) is 17.6. The van der Waals surface area contributed by atoms with Crippen LogP contribution in [0.5, 0.6) is 0 Å². The molecule has 1 fully saturated rings. The second-order valence-corrected chi connectivity index (χ2v) is 11.6. The quantitative estimate of drug-likeness (QED) is 0.335. The maximum absolute atomic E-state index is 13.5.